The molecule has 4 rings (SSSR count). The van der Waals surface area contributed by atoms with Crippen molar-refractivity contribution in [2.45, 2.75) is 32.8 Å². The molecule has 7 heteroatoms. The summed E-state index contributed by atoms with van der Waals surface area (Å²) in [4.78, 5) is 30.3. The lowest BCUT2D eigenvalue weighted by Gasteiger charge is -2.29. The van der Waals surface area contributed by atoms with E-state index in [9.17, 15) is 4.79 Å². The van der Waals surface area contributed by atoms with Crippen LogP contribution in [0, 0.1) is 0 Å². The summed E-state index contributed by atoms with van der Waals surface area (Å²) in [6, 6.07) is 5.99. The largest absolute Gasteiger partial charge is 0.444 e. The fraction of sp³-hybridized carbons (Fsp3) is 0.333. The van der Waals surface area contributed by atoms with E-state index in [0.29, 0.717) is 13.1 Å². The second kappa shape index (κ2) is 7.07. The Labute approximate surface area is 163 Å². The molecule has 0 atom stereocenters. The van der Waals surface area contributed by atoms with Crippen LogP contribution in [-0.2, 0) is 4.74 Å². The van der Waals surface area contributed by atoms with Gasteiger partial charge in [-0.3, -0.25) is 0 Å². The minimum atomic E-state index is -0.486. The molecule has 0 radical (unpaired) electrons. The second-order valence-electron chi connectivity index (χ2n) is 7.80. The van der Waals surface area contributed by atoms with E-state index in [2.05, 4.69) is 21.0 Å². The average molecular weight is 377 g/mol. The molecule has 28 heavy (non-hydrogen) atoms. The zero-order valence-electron chi connectivity index (χ0n) is 16.3. The number of amides is 1. The molecule has 7 nitrogen and oxygen atoms in total. The number of hydrogen-bond acceptors (Lipinski definition) is 5. The summed E-state index contributed by atoms with van der Waals surface area (Å²) in [5.74, 6) is 0. The number of carbonyl (C=O) groups is 1. The highest BCUT2D eigenvalue weighted by Gasteiger charge is 2.24. The first-order valence-electron chi connectivity index (χ1n) is 9.32. The van der Waals surface area contributed by atoms with Gasteiger partial charge in [0, 0.05) is 36.4 Å². The molecule has 0 aromatic carbocycles. The first-order chi connectivity index (χ1) is 13.4. The van der Waals surface area contributed by atoms with Crippen LogP contribution in [0.25, 0.3) is 27.9 Å². The summed E-state index contributed by atoms with van der Waals surface area (Å²) in [6.45, 7) is 6.77. The van der Waals surface area contributed by atoms with Crippen molar-refractivity contribution in [1.82, 2.24) is 24.8 Å². The average Bonchev–Trinajstić information content (AvgIpc) is 3.11. The number of nitrogens with one attached hydrogen (secondary N) is 1. The van der Waals surface area contributed by atoms with Crippen LogP contribution >= 0.6 is 0 Å². The SMILES string of the molecule is CC(C)(C)OC(=O)N1CC=C(c2cccc(-c3c[nH]c4ncncc34)n2)CC1. The Morgan fingerprint density at radius 2 is 2.07 bits per heavy atom. The molecule has 1 aliphatic rings. The molecule has 0 unspecified atom stereocenters. The summed E-state index contributed by atoms with van der Waals surface area (Å²) in [5, 5.41) is 0.945. The fourth-order valence-corrected chi connectivity index (χ4v) is 3.23. The van der Waals surface area contributed by atoms with Gasteiger partial charge in [0.1, 0.15) is 17.6 Å². The Hall–Kier alpha value is -3.22. The molecule has 0 bridgehead atoms. The molecule has 3 aromatic rings. The molecule has 0 saturated heterocycles. The van der Waals surface area contributed by atoms with Gasteiger partial charge in [0.25, 0.3) is 0 Å². The highest BCUT2D eigenvalue weighted by molar-refractivity contribution is 5.92. The zero-order valence-corrected chi connectivity index (χ0v) is 16.3. The molecule has 0 spiro atoms. The molecular formula is C21H23N5O2. The number of nitrogens with zero attached hydrogens (tertiary/aromatic N) is 4. The third-order valence-electron chi connectivity index (χ3n) is 4.57. The van der Waals surface area contributed by atoms with Crippen LogP contribution in [0.15, 0.2) is 43.0 Å². The van der Waals surface area contributed by atoms with Gasteiger partial charge in [0.15, 0.2) is 0 Å². The van der Waals surface area contributed by atoms with E-state index >= 15 is 0 Å². The Balaban J connectivity index is 1.55. The molecular weight excluding hydrogens is 354 g/mol. The van der Waals surface area contributed by atoms with E-state index in [-0.39, 0.29) is 6.09 Å². The van der Waals surface area contributed by atoms with Crippen molar-refractivity contribution in [1.29, 1.82) is 0 Å². The number of rotatable bonds is 2. The van der Waals surface area contributed by atoms with Gasteiger partial charge >= 0.3 is 6.09 Å². The number of hydrogen-bond donors (Lipinski definition) is 1. The van der Waals surface area contributed by atoms with Crippen LogP contribution < -0.4 is 0 Å². The van der Waals surface area contributed by atoms with Gasteiger partial charge in [-0.1, -0.05) is 12.1 Å². The quantitative estimate of drug-likeness (QED) is 0.728. The Bertz CT molecular complexity index is 1050. The number of fused-ring (bicyclic) bond motifs is 1. The van der Waals surface area contributed by atoms with Crippen molar-refractivity contribution in [3.8, 4) is 11.3 Å². The van der Waals surface area contributed by atoms with E-state index in [0.717, 1.165) is 40.0 Å². The van der Waals surface area contributed by atoms with Gasteiger partial charge in [0.05, 0.1) is 11.4 Å². The van der Waals surface area contributed by atoms with Crippen LogP contribution in [0.5, 0.6) is 0 Å². The summed E-state index contributed by atoms with van der Waals surface area (Å²) in [6.07, 6.45) is 7.75. The van der Waals surface area contributed by atoms with E-state index in [1.807, 2.05) is 45.2 Å². The molecule has 3 aromatic heterocycles. The van der Waals surface area contributed by atoms with Crippen LogP contribution in [0.4, 0.5) is 4.79 Å². The van der Waals surface area contributed by atoms with Crippen molar-refractivity contribution in [2.24, 2.45) is 0 Å². The Morgan fingerprint density at radius 3 is 2.82 bits per heavy atom. The molecule has 0 fully saturated rings. The Kier molecular flexibility index (Phi) is 4.58. The number of H-pyrrole nitrogens is 1. The standard InChI is InChI=1S/C21H23N5O2/c1-21(2,3)28-20(27)26-9-7-14(8-10-26)17-5-4-6-18(25-17)15-12-23-19-16(15)11-22-13-24-19/h4-7,11-13H,8-10H2,1-3H3,(H,22,23,24). The molecule has 1 amide bonds. The van der Waals surface area contributed by atoms with Crippen LogP contribution in [0.3, 0.4) is 0 Å². The maximum Gasteiger partial charge on any atom is 0.410 e. The van der Waals surface area contributed by atoms with E-state index in [4.69, 9.17) is 9.72 Å². The Morgan fingerprint density at radius 1 is 1.25 bits per heavy atom. The highest BCUT2D eigenvalue weighted by atomic mass is 16.6. The van der Waals surface area contributed by atoms with Gasteiger partial charge in [-0.25, -0.2) is 19.7 Å². The number of ether oxygens (including phenoxy) is 1. The maximum absolute atomic E-state index is 12.2. The predicted octanol–water partition coefficient (Wildman–Crippen LogP) is 4.04. The third kappa shape index (κ3) is 3.74. The number of pyridine rings is 1. The first kappa shape index (κ1) is 18.2. The lowest BCUT2D eigenvalue weighted by molar-refractivity contribution is 0.0270. The van der Waals surface area contributed by atoms with E-state index in [1.54, 1.807) is 11.1 Å². The zero-order chi connectivity index (χ0) is 19.7. The topological polar surface area (TPSA) is 84.0 Å². The van der Waals surface area contributed by atoms with E-state index in [1.165, 1.54) is 6.33 Å². The van der Waals surface area contributed by atoms with Gasteiger partial charge in [-0.15, -0.1) is 0 Å². The number of carbonyl (C=O) groups excluding carboxylic acids is 1. The van der Waals surface area contributed by atoms with Crippen molar-refractivity contribution >= 4 is 22.7 Å². The monoisotopic (exact) mass is 377 g/mol. The van der Waals surface area contributed by atoms with Gasteiger partial charge in [0.2, 0.25) is 0 Å². The first-order valence-corrected chi connectivity index (χ1v) is 9.32. The van der Waals surface area contributed by atoms with Crippen molar-refractivity contribution in [2.75, 3.05) is 13.1 Å². The normalized spacial score (nSPS) is 14.8. The molecule has 4 heterocycles. The summed E-state index contributed by atoms with van der Waals surface area (Å²) >= 11 is 0. The maximum atomic E-state index is 12.2. The molecule has 1 aliphatic heterocycles. The lowest BCUT2D eigenvalue weighted by Crippen LogP contribution is -2.39. The van der Waals surface area contributed by atoms with E-state index < -0.39 is 5.60 Å². The molecule has 144 valence electrons. The van der Waals surface area contributed by atoms with Crippen molar-refractivity contribution < 1.29 is 9.53 Å². The summed E-state index contributed by atoms with van der Waals surface area (Å²) < 4.78 is 5.45. The molecule has 0 aliphatic carbocycles. The summed E-state index contributed by atoms with van der Waals surface area (Å²) in [7, 11) is 0. The lowest BCUT2D eigenvalue weighted by atomic mass is 10.0. The predicted molar refractivity (Wildman–Crippen MR) is 108 cm³/mol. The number of aromatic amines is 1. The van der Waals surface area contributed by atoms with Gasteiger partial charge in [-0.05, 0) is 44.9 Å². The summed E-state index contributed by atoms with van der Waals surface area (Å²) in [5.41, 5.74) is 4.21. The van der Waals surface area contributed by atoms with Gasteiger partial charge < -0.3 is 14.6 Å². The highest BCUT2D eigenvalue weighted by Crippen LogP contribution is 2.28. The number of aromatic nitrogens is 4. The minimum absolute atomic E-state index is 0.275. The third-order valence-corrected chi connectivity index (χ3v) is 4.57. The molecule has 1 N–H and O–H groups in total. The van der Waals surface area contributed by atoms with Crippen LogP contribution in [-0.4, -0.2) is 49.6 Å². The minimum Gasteiger partial charge on any atom is -0.444 e. The van der Waals surface area contributed by atoms with Crippen molar-refractivity contribution in [3.05, 3.63) is 48.7 Å². The second-order valence-corrected chi connectivity index (χ2v) is 7.80. The van der Waals surface area contributed by atoms with Crippen molar-refractivity contribution in [3.63, 3.8) is 0 Å². The van der Waals surface area contributed by atoms with Gasteiger partial charge in [-0.2, -0.15) is 0 Å². The van der Waals surface area contributed by atoms with Crippen LogP contribution in [0.2, 0.25) is 0 Å². The smallest absolute Gasteiger partial charge is 0.410 e. The van der Waals surface area contributed by atoms with Crippen LogP contribution in [0.1, 0.15) is 32.9 Å². The fourth-order valence-electron chi connectivity index (χ4n) is 3.23. The molecule has 0 saturated carbocycles.